The number of ether oxygens (including phenoxy) is 1. The number of benzene rings is 1. The van der Waals surface area contributed by atoms with E-state index < -0.39 is 0 Å². The first-order valence-corrected chi connectivity index (χ1v) is 7.37. The van der Waals surface area contributed by atoms with Gasteiger partial charge in [0.25, 0.3) is 0 Å². The molecule has 3 aliphatic rings. The number of phenols is 2. The van der Waals surface area contributed by atoms with Crippen molar-refractivity contribution in [2.75, 3.05) is 20.2 Å². The van der Waals surface area contributed by atoms with E-state index in [2.05, 4.69) is 23.1 Å². The summed E-state index contributed by atoms with van der Waals surface area (Å²) < 4.78 is 5.56. The van der Waals surface area contributed by atoms with Crippen LogP contribution in [0, 0.1) is 0 Å². The highest BCUT2D eigenvalue weighted by atomic mass is 16.5. The lowest BCUT2D eigenvalue weighted by Gasteiger charge is -2.48. The van der Waals surface area contributed by atoms with Crippen LogP contribution in [0.15, 0.2) is 35.9 Å². The highest BCUT2D eigenvalue weighted by Gasteiger charge is 2.50. The van der Waals surface area contributed by atoms with Crippen molar-refractivity contribution in [1.29, 1.82) is 0 Å². The van der Waals surface area contributed by atoms with Crippen molar-refractivity contribution >= 4 is 0 Å². The summed E-state index contributed by atoms with van der Waals surface area (Å²) in [6.07, 6.45) is 8.34. The first-order chi connectivity index (χ1) is 10.1. The van der Waals surface area contributed by atoms with Crippen LogP contribution in [0.25, 0.3) is 0 Å². The Morgan fingerprint density at radius 3 is 2.90 bits per heavy atom. The third-order valence-electron chi connectivity index (χ3n) is 5.14. The van der Waals surface area contributed by atoms with E-state index in [-0.39, 0.29) is 23.1 Å². The lowest BCUT2D eigenvalue weighted by Crippen LogP contribution is -2.51. The van der Waals surface area contributed by atoms with Gasteiger partial charge in [0.05, 0.1) is 11.6 Å². The molecule has 0 radical (unpaired) electrons. The maximum Gasteiger partial charge on any atom is 0.157 e. The van der Waals surface area contributed by atoms with Gasteiger partial charge in [-0.25, -0.2) is 0 Å². The van der Waals surface area contributed by atoms with Crippen LogP contribution in [-0.4, -0.2) is 41.4 Å². The molecule has 2 unspecified atom stereocenters. The van der Waals surface area contributed by atoms with Gasteiger partial charge in [-0.3, -0.25) is 4.90 Å². The molecule has 0 aromatic heterocycles. The van der Waals surface area contributed by atoms with Gasteiger partial charge in [-0.2, -0.15) is 0 Å². The fourth-order valence-electron chi connectivity index (χ4n) is 4.09. The van der Waals surface area contributed by atoms with Crippen LogP contribution < -0.4 is 0 Å². The molecule has 0 saturated carbocycles. The molecule has 4 heteroatoms. The molecule has 0 amide bonds. The fourth-order valence-corrected chi connectivity index (χ4v) is 4.09. The van der Waals surface area contributed by atoms with Crippen molar-refractivity contribution in [3.05, 3.63) is 47.1 Å². The molecule has 4 nitrogen and oxygen atoms in total. The summed E-state index contributed by atoms with van der Waals surface area (Å²) in [7, 11) is 1.73. The topological polar surface area (TPSA) is 52.9 Å². The van der Waals surface area contributed by atoms with E-state index >= 15 is 0 Å². The predicted octanol–water partition coefficient (Wildman–Crippen LogP) is 2.07. The van der Waals surface area contributed by atoms with Gasteiger partial charge in [-0.05, 0) is 35.3 Å². The Labute approximate surface area is 124 Å². The summed E-state index contributed by atoms with van der Waals surface area (Å²) in [5, 5.41) is 19.8. The van der Waals surface area contributed by atoms with Gasteiger partial charge in [-0.15, -0.1) is 0 Å². The highest BCUT2D eigenvalue weighted by Crippen LogP contribution is 2.52. The average molecular weight is 285 g/mol. The van der Waals surface area contributed by atoms with Crippen molar-refractivity contribution in [3.63, 3.8) is 0 Å². The third kappa shape index (κ3) is 1.63. The number of nitrogens with zero attached hydrogens (tertiary/aromatic N) is 1. The van der Waals surface area contributed by atoms with E-state index in [9.17, 15) is 10.2 Å². The number of rotatable bonds is 1. The quantitative estimate of drug-likeness (QED) is 0.776. The van der Waals surface area contributed by atoms with Crippen LogP contribution in [0.3, 0.4) is 0 Å². The molecule has 0 saturated heterocycles. The molecular formula is C17H19NO3. The molecule has 4 rings (SSSR count). The van der Waals surface area contributed by atoms with E-state index in [4.69, 9.17) is 4.74 Å². The van der Waals surface area contributed by atoms with Crippen molar-refractivity contribution in [2.24, 2.45) is 0 Å². The highest BCUT2D eigenvalue weighted by molar-refractivity contribution is 5.56. The third-order valence-corrected chi connectivity index (χ3v) is 5.14. The van der Waals surface area contributed by atoms with E-state index in [1.165, 1.54) is 5.57 Å². The van der Waals surface area contributed by atoms with Gasteiger partial charge < -0.3 is 14.9 Å². The first kappa shape index (κ1) is 12.9. The van der Waals surface area contributed by atoms with Gasteiger partial charge in [0.1, 0.15) is 0 Å². The summed E-state index contributed by atoms with van der Waals surface area (Å²) in [5.41, 5.74) is 3.30. The number of hydrogen-bond donors (Lipinski definition) is 2. The second kappa shape index (κ2) is 4.36. The minimum absolute atomic E-state index is 0.0308. The van der Waals surface area contributed by atoms with Crippen LogP contribution in [0.2, 0.25) is 0 Å². The number of hydrogen-bond acceptors (Lipinski definition) is 4. The Morgan fingerprint density at radius 2 is 2.10 bits per heavy atom. The van der Waals surface area contributed by atoms with E-state index in [1.807, 2.05) is 0 Å². The van der Waals surface area contributed by atoms with Crippen LogP contribution in [-0.2, 0) is 16.7 Å². The molecule has 1 aromatic rings. The molecule has 2 heterocycles. The normalized spacial score (nSPS) is 30.5. The van der Waals surface area contributed by atoms with Crippen LogP contribution in [0.5, 0.6) is 11.5 Å². The van der Waals surface area contributed by atoms with Crippen molar-refractivity contribution < 1.29 is 14.9 Å². The number of fused-ring (bicyclic) bond motifs is 1. The second-order valence-corrected chi connectivity index (χ2v) is 6.05. The number of phenolic OH excluding ortho intramolecular Hbond substituents is 2. The summed E-state index contributed by atoms with van der Waals surface area (Å²) in [6, 6.07) is 3.45. The lowest BCUT2D eigenvalue weighted by molar-refractivity contribution is 0.0513. The maximum atomic E-state index is 9.97. The molecule has 0 bridgehead atoms. The minimum atomic E-state index is -0.214. The molecule has 2 N–H and O–H groups in total. The SMILES string of the molecule is COC1C=CC2=CCN3CCc4cc(O)c(O)cc4C23C1. The Morgan fingerprint density at radius 1 is 1.29 bits per heavy atom. The average Bonchev–Trinajstić information content (AvgIpc) is 2.87. The summed E-state index contributed by atoms with van der Waals surface area (Å²) in [4.78, 5) is 2.46. The van der Waals surface area contributed by atoms with Crippen molar-refractivity contribution in [3.8, 4) is 11.5 Å². The molecule has 1 aromatic carbocycles. The fraction of sp³-hybridized carbons (Fsp3) is 0.412. The zero-order valence-electron chi connectivity index (χ0n) is 12.0. The number of methoxy groups -OCH3 is 1. The van der Waals surface area contributed by atoms with Gasteiger partial charge in [0, 0.05) is 26.6 Å². The molecule has 21 heavy (non-hydrogen) atoms. The van der Waals surface area contributed by atoms with Gasteiger partial charge in [0.2, 0.25) is 0 Å². The maximum absolute atomic E-state index is 9.97. The van der Waals surface area contributed by atoms with Crippen LogP contribution in [0.4, 0.5) is 0 Å². The molecule has 2 atom stereocenters. The smallest absolute Gasteiger partial charge is 0.157 e. The molecule has 0 fully saturated rings. The minimum Gasteiger partial charge on any atom is -0.504 e. The molecule has 110 valence electrons. The Hall–Kier alpha value is -1.78. The largest absolute Gasteiger partial charge is 0.504 e. The van der Waals surface area contributed by atoms with Crippen molar-refractivity contribution in [1.82, 2.24) is 4.90 Å². The molecule has 1 aliphatic carbocycles. The van der Waals surface area contributed by atoms with E-state index in [1.54, 1.807) is 19.2 Å². The Balaban J connectivity index is 1.93. The van der Waals surface area contributed by atoms with Crippen molar-refractivity contribution in [2.45, 2.75) is 24.5 Å². The van der Waals surface area contributed by atoms with E-state index in [0.29, 0.717) is 0 Å². The van der Waals surface area contributed by atoms with Crippen LogP contribution in [0.1, 0.15) is 17.5 Å². The lowest BCUT2D eigenvalue weighted by atomic mass is 9.71. The zero-order chi connectivity index (χ0) is 14.6. The Bertz CT molecular complexity index is 664. The second-order valence-electron chi connectivity index (χ2n) is 6.05. The standard InChI is InChI=1S/C17H19NO3/c1-21-13-3-2-12-5-7-18-6-4-11-8-15(19)16(20)9-14(11)17(12,18)10-13/h2-3,5,8-9,13,19-20H,4,6-7,10H2,1H3. The molecular weight excluding hydrogens is 266 g/mol. The van der Waals surface area contributed by atoms with Gasteiger partial charge in [0.15, 0.2) is 11.5 Å². The monoisotopic (exact) mass is 285 g/mol. The Kier molecular flexibility index (Phi) is 2.68. The summed E-state index contributed by atoms with van der Waals surface area (Å²) in [6.45, 7) is 1.89. The number of aromatic hydroxyl groups is 2. The van der Waals surface area contributed by atoms with Crippen LogP contribution >= 0.6 is 0 Å². The summed E-state index contributed by atoms with van der Waals surface area (Å²) >= 11 is 0. The first-order valence-electron chi connectivity index (χ1n) is 7.37. The van der Waals surface area contributed by atoms with E-state index in [0.717, 1.165) is 37.1 Å². The van der Waals surface area contributed by atoms with Gasteiger partial charge in [-0.1, -0.05) is 18.2 Å². The molecule has 1 spiro atoms. The van der Waals surface area contributed by atoms with Gasteiger partial charge >= 0.3 is 0 Å². The summed E-state index contributed by atoms with van der Waals surface area (Å²) in [5.74, 6) is -0.0727. The molecule has 2 aliphatic heterocycles. The predicted molar refractivity (Wildman–Crippen MR) is 79.4 cm³/mol. The zero-order valence-corrected chi connectivity index (χ0v) is 12.0.